The van der Waals surface area contributed by atoms with E-state index in [0.717, 1.165) is 11.3 Å². The number of hydrogen-bond donors (Lipinski definition) is 1. The average Bonchev–Trinajstić information content (AvgIpc) is 2.53. The van der Waals surface area contributed by atoms with E-state index < -0.39 is 11.4 Å². The van der Waals surface area contributed by atoms with Crippen LogP contribution in [0.3, 0.4) is 0 Å². The number of para-hydroxylation sites is 1. The monoisotopic (exact) mass is 333 g/mol. The summed E-state index contributed by atoms with van der Waals surface area (Å²) in [5, 5.41) is 9.23. The summed E-state index contributed by atoms with van der Waals surface area (Å²) in [4.78, 5) is 26.0. The molecule has 2 rings (SSSR count). The highest BCUT2D eigenvalue weighted by atomic mass is 16.5. The van der Waals surface area contributed by atoms with Gasteiger partial charge in [0.05, 0.1) is 13.0 Å². The summed E-state index contributed by atoms with van der Waals surface area (Å²) in [6.07, 6.45) is 1.11. The van der Waals surface area contributed by atoms with Crippen LogP contribution in [-0.4, -0.2) is 42.1 Å². The van der Waals surface area contributed by atoms with E-state index in [9.17, 15) is 14.7 Å². The number of carbonyl (C=O) groups is 2. The molecule has 1 aromatic carbocycles. The van der Waals surface area contributed by atoms with Gasteiger partial charge in [0.1, 0.15) is 5.75 Å². The maximum atomic E-state index is 13.0. The number of carboxylic acids is 1. The number of likely N-dealkylation sites (tertiary alicyclic amines) is 1. The molecule has 0 aliphatic carbocycles. The third kappa shape index (κ3) is 3.89. The number of rotatable bonds is 5. The van der Waals surface area contributed by atoms with Gasteiger partial charge in [0.2, 0.25) is 5.91 Å². The van der Waals surface area contributed by atoms with Crippen molar-refractivity contribution in [1.82, 2.24) is 4.90 Å². The number of carbonyl (C=O) groups excluding carboxylic acids is 1. The van der Waals surface area contributed by atoms with Crippen LogP contribution in [0.5, 0.6) is 5.75 Å². The Hall–Kier alpha value is -2.04. The zero-order valence-electron chi connectivity index (χ0n) is 14.9. The molecular weight excluding hydrogens is 306 g/mol. The first-order chi connectivity index (χ1) is 11.3. The molecule has 0 spiro atoms. The molecule has 1 heterocycles. The minimum Gasteiger partial charge on any atom is -0.496 e. The molecule has 24 heavy (non-hydrogen) atoms. The van der Waals surface area contributed by atoms with Crippen LogP contribution < -0.4 is 4.74 Å². The minimum absolute atomic E-state index is 0.0257. The topological polar surface area (TPSA) is 66.8 Å². The fourth-order valence-corrected chi connectivity index (χ4v) is 3.53. The van der Waals surface area contributed by atoms with E-state index in [4.69, 9.17) is 4.74 Å². The van der Waals surface area contributed by atoms with Crippen molar-refractivity contribution < 1.29 is 19.4 Å². The lowest BCUT2D eigenvalue weighted by molar-refractivity contribution is -0.151. The number of methoxy groups -OCH3 is 1. The van der Waals surface area contributed by atoms with Crippen LogP contribution in [0.4, 0.5) is 0 Å². The summed E-state index contributed by atoms with van der Waals surface area (Å²) in [5.74, 6) is -0.281. The van der Waals surface area contributed by atoms with Crippen LogP contribution in [0.15, 0.2) is 24.3 Å². The normalized spacial score (nSPS) is 21.4. The standard InChI is InChI=1S/C19H27NO4/c1-13-12-20(10-9-15(13)17(21)22)18(23)19(2,3)11-14-7-5-6-8-16(14)24-4/h5-8,13,15H,9-12H2,1-4H3,(H,21,22). The lowest BCUT2D eigenvalue weighted by Crippen LogP contribution is -2.49. The van der Waals surface area contributed by atoms with E-state index in [2.05, 4.69) is 0 Å². The van der Waals surface area contributed by atoms with Crippen LogP contribution in [0.2, 0.25) is 0 Å². The number of nitrogens with zero attached hydrogens (tertiary/aromatic N) is 1. The molecule has 1 saturated heterocycles. The molecule has 0 bridgehead atoms. The number of benzene rings is 1. The van der Waals surface area contributed by atoms with Crippen molar-refractivity contribution in [2.45, 2.75) is 33.6 Å². The van der Waals surface area contributed by atoms with Crippen LogP contribution in [0, 0.1) is 17.3 Å². The van der Waals surface area contributed by atoms with Crippen LogP contribution in [0.25, 0.3) is 0 Å². The number of aliphatic carboxylic acids is 1. The third-order valence-corrected chi connectivity index (χ3v) is 4.91. The molecule has 5 heteroatoms. The van der Waals surface area contributed by atoms with Gasteiger partial charge in [0.15, 0.2) is 0 Å². The average molecular weight is 333 g/mol. The molecule has 2 unspecified atom stereocenters. The summed E-state index contributed by atoms with van der Waals surface area (Å²) in [5.41, 5.74) is 0.441. The lowest BCUT2D eigenvalue weighted by atomic mass is 9.81. The van der Waals surface area contributed by atoms with E-state index in [0.29, 0.717) is 25.9 Å². The summed E-state index contributed by atoms with van der Waals surface area (Å²) < 4.78 is 5.38. The van der Waals surface area contributed by atoms with Crippen LogP contribution in [-0.2, 0) is 16.0 Å². The number of amides is 1. The first-order valence-electron chi connectivity index (χ1n) is 8.40. The Bertz CT molecular complexity index is 611. The number of hydrogen-bond acceptors (Lipinski definition) is 3. The Morgan fingerprint density at radius 2 is 2.00 bits per heavy atom. The van der Waals surface area contributed by atoms with Gasteiger partial charge in [-0.25, -0.2) is 0 Å². The molecule has 1 aliphatic heterocycles. The highest BCUT2D eigenvalue weighted by Gasteiger charge is 2.38. The fraction of sp³-hybridized carbons (Fsp3) is 0.579. The van der Waals surface area contributed by atoms with Crippen molar-refractivity contribution in [3.63, 3.8) is 0 Å². The minimum atomic E-state index is -0.761. The quantitative estimate of drug-likeness (QED) is 0.900. The number of piperidine rings is 1. The maximum absolute atomic E-state index is 13.0. The molecule has 132 valence electrons. The van der Waals surface area contributed by atoms with Crippen molar-refractivity contribution in [1.29, 1.82) is 0 Å². The summed E-state index contributed by atoms with van der Waals surface area (Å²) in [7, 11) is 1.63. The van der Waals surface area contributed by atoms with E-state index in [-0.39, 0.29) is 17.7 Å². The first-order valence-corrected chi connectivity index (χ1v) is 8.40. The van der Waals surface area contributed by atoms with Crippen LogP contribution in [0.1, 0.15) is 32.8 Å². The Morgan fingerprint density at radius 3 is 2.58 bits per heavy atom. The van der Waals surface area contributed by atoms with Gasteiger partial charge in [0.25, 0.3) is 0 Å². The third-order valence-electron chi connectivity index (χ3n) is 4.91. The molecule has 1 amide bonds. The molecule has 0 radical (unpaired) electrons. The van der Waals surface area contributed by atoms with Crippen molar-refractivity contribution in [2.24, 2.45) is 17.3 Å². The molecule has 1 aliphatic rings. The second-order valence-corrected chi connectivity index (χ2v) is 7.33. The van der Waals surface area contributed by atoms with Crippen molar-refractivity contribution in [3.8, 4) is 5.75 Å². The van der Waals surface area contributed by atoms with Crippen molar-refractivity contribution in [3.05, 3.63) is 29.8 Å². The second-order valence-electron chi connectivity index (χ2n) is 7.33. The first kappa shape index (κ1) is 18.3. The molecule has 0 saturated carbocycles. The predicted octanol–water partition coefficient (Wildman–Crippen LogP) is 2.83. The van der Waals surface area contributed by atoms with Gasteiger partial charge in [-0.05, 0) is 30.4 Å². The molecule has 1 aromatic rings. The van der Waals surface area contributed by atoms with Crippen LogP contribution >= 0.6 is 0 Å². The number of carboxylic acid groups (broad SMARTS) is 1. The molecule has 1 N–H and O–H groups in total. The molecular formula is C19H27NO4. The number of ether oxygens (including phenoxy) is 1. The lowest BCUT2D eigenvalue weighted by Gasteiger charge is -2.39. The molecule has 5 nitrogen and oxygen atoms in total. The largest absolute Gasteiger partial charge is 0.496 e. The van der Waals surface area contributed by atoms with Crippen molar-refractivity contribution in [2.75, 3.05) is 20.2 Å². The zero-order valence-corrected chi connectivity index (χ0v) is 14.9. The maximum Gasteiger partial charge on any atom is 0.306 e. The van der Waals surface area contributed by atoms with Gasteiger partial charge in [-0.2, -0.15) is 0 Å². The predicted molar refractivity (Wildman–Crippen MR) is 92.0 cm³/mol. The summed E-state index contributed by atoms with van der Waals surface area (Å²) >= 11 is 0. The molecule has 2 atom stereocenters. The van der Waals surface area contributed by atoms with E-state index in [1.54, 1.807) is 7.11 Å². The Labute approximate surface area is 143 Å². The van der Waals surface area contributed by atoms with Gasteiger partial charge in [0, 0.05) is 18.5 Å². The van der Waals surface area contributed by atoms with Gasteiger partial charge in [-0.1, -0.05) is 39.0 Å². The highest BCUT2D eigenvalue weighted by molar-refractivity contribution is 5.83. The van der Waals surface area contributed by atoms with E-state index >= 15 is 0 Å². The van der Waals surface area contributed by atoms with Gasteiger partial charge in [-0.15, -0.1) is 0 Å². The molecule has 1 fully saturated rings. The highest BCUT2D eigenvalue weighted by Crippen LogP contribution is 2.32. The fourth-order valence-electron chi connectivity index (χ4n) is 3.53. The summed E-state index contributed by atoms with van der Waals surface area (Å²) in [6.45, 7) is 6.80. The SMILES string of the molecule is COc1ccccc1CC(C)(C)C(=O)N1CCC(C(=O)O)C(C)C1. The smallest absolute Gasteiger partial charge is 0.306 e. The Morgan fingerprint density at radius 1 is 1.33 bits per heavy atom. The Balaban J connectivity index is 2.09. The summed E-state index contributed by atoms with van der Waals surface area (Å²) in [6, 6.07) is 7.73. The van der Waals surface area contributed by atoms with E-state index in [1.165, 1.54) is 0 Å². The van der Waals surface area contributed by atoms with Gasteiger partial charge >= 0.3 is 5.97 Å². The van der Waals surface area contributed by atoms with E-state index in [1.807, 2.05) is 49.9 Å². The molecule has 0 aromatic heterocycles. The van der Waals surface area contributed by atoms with Crippen molar-refractivity contribution >= 4 is 11.9 Å². The second kappa shape index (κ2) is 7.24. The van der Waals surface area contributed by atoms with Gasteiger partial charge in [-0.3, -0.25) is 9.59 Å². The Kier molecular flexibility index (Phi) is 5.52. The van der Waals surface area contributed by atoms with Gasteiger partial charge < -0.3 is 14.7 Å². The zero-order chi connectivity index (χ0) is 17.9.